The molecule has 2 aliphatic heterocycles. The number of carbonyl (C=O) groups excluding carboxylic acids is 2. The van der Waals surface area contributed by atoms with Crippen LogP contribution in [0.2, 0.25) is 0 Å². The lowest BCUT2D eigenvalue weighted by atomic mass is 10.1. The van der Waals surface area contributed by atoms with Crippen LogP contribution in [-0.4, -0.2) is 50.3 Å². The molecule has 0 spiro atoms. The highest BCUT2D eigenvalue weighted by Gasteiger charge is 2.41. The number of ether oxygens (including phenoxy) is 2. The third kappa shape index (κ3) is 3.91. The Bertz CT molecular complexity index is 1180. The summed E-state index contributed by atoms with van der Waals surface area (Å²) in [5, 5.41) is 5.51. The predicted molar refractivity (Wildman–Crippen MR) is 118 cm³/mol. The van der Waals surface area contributed by atoms with Crippen molar-refractivity contribution in [3.8, 4) is 11.5 Å². The van der Waals surface area contributed by atoms with Gasteiger partial charge in [-0.15, -0.1) is 0 Å². The molecule has 2 aliphatic rings. The second kappa shape index (κ2) is 8.44. The van der Waals surface area contributed by atoms with Gasteiger partial charge in [-0.1, -0.05) is 12.1 Å². The fraction of sp³-hybridized carbons (Fsp3) is 0.364. The maximum Gasteiger partial charge on any atom is 0.265 e. The zero-order chi connectivity index (χ0) is 23.0. The zero-order valence-corrected chi connectivity index (χ0v) is 18.9. The van der Waals surface area contributed by atoms with Gasteiger partial charge in [-0.2, -0.15) is 4.31 Å². The minimum atomic E-state index is -3.99. The molecule has 2 amide bonds. The first kappa shape index (κ1) is 22.1. The van der Waals surface area contributed by atoms with Crippen LogP contribution >= 0.6 is 0 Å². The van der Waals surface area contributed by atoms with Crippen LogP contribution in [0.25, 0.3) is 0 Å². The number of aryl methyl sites for hydroxylation is 1. The number of rotatable bonds is 5. The molecular weight excluding hydrogens is 434 g/mol. The highest BCUT2D eigenvalue weighted by molar-refractivity contribution is 7.89. The number of anilines is 2. The molecule has 0 aliphatic carbocycles. The number of sulfonamides is 1. The number of benzene rings is 2. The van der Waals surface area contributed by atoms with Crippen LogP contribution in [0.1, 0.15) is 25.3 Å². The topological polar surface area (TPSA) is 114 Å². The quantitative estimate of drug-likeness (QED) is 0.710. The van der Waals surface area contributed by atoms with Gasteiger partial charge in [-0.05, 0) is 50.5 Å². The van der Waals surface area contributed by atoms with Crippen molar-refractivity contribution in [3.63, 3.8) is 0 Å². The van der Waals surface area contributed by atoms with Crippen molar-refractivity contribution >= 4 is 33.2 Å². The Morgan fingerprint density at radius 2 is 2.03 bits per heavy atom. The van der Waals surface area contributed by atoms with Gasteiger partial charge in [0.2, 0.25) is 15.9 Å². The highest BCUT2D eigenvalue weighted by Crippen LogP contribution is 2.37. The molecule has 2 aromatic rings. The van der Waals surface area contributed by atoms with Crippen LogP contribution in [0.3, 0.4) is 0 Å². The molecule has 1 saturated heterocycles. The lowest BCUT2D eigenvalue weighted by Gasteiger charge is -2.27. The molecule has 32 heavy (non-hydrogen) atoms. The normalized spacial score (nSPS) is 20.8. The first-order chi connectivity index (χ1) is 15.2. The van der Waals surface area contributed by atoms with Crippen LogP contribution in [0, 0.1) is 6.92 Å². The van der Waals surface area contributed by atoms with E-state index in [4.69, 9.17) is 9.47 Å². The van der Waals surface area contributed by atoms with E-state index in [1.54, 1.807) is 44.2 Å². The number of hydrogen-bond donors (Lipinski definition) is 2. The van der Waals surface area contributed by atoms with Crippen LogP contribution < -0.4 is 20.1 Å². The Hall–Kier alpha value is -3.11. The first-order valence-electron chi connectivity index (χ1n) is 10.3. The number of methoxy groups -OCH3 is 1. The van der Waals surface area contributed by atoms with E-state index in [1.807, 2.05) is 0 Å². The molecular formula is C22H25N3O6S. The lowest BCUT2D eigenvalue weighted by molar-refractivity contribution is -0.122. The fourth-order valence-electron chi connectivity index (χ4n) is 4.00. The van der Waals surface area contributed by atoms with Gasteiger partial charge in [-0.3, -0.25) is 9.59 Å². The summed E-state index contributed by atoms with van der Waals surface area (Å²) < 4.78 is 39.2. The molecule has 4 rings (SSSR count). The second-order valence-electron chi connectivity index (χ2n) is 7.83. The van der Waals surface area contributed by atoms with Gasteiger partial charge in [0.15, 0.2) is 6.10 Å². The minimum absolute atomic E-state index is 0.0524. The van der Waals surface area contributed by atoms with E-state index in [0.29, 0.717) is 35.5 Å². The summed E-state index contributed by atoms with van der Waals surface area (Å²) in [5.41, 5.74) is 1.36. The van der Waals surface area contributed by atoms with E-state index in [1.165, 1.54) is 17.5 Å². The number of amides is 2. The number of fused-ring (bicyclic) bond motifs is 1. The molecule has 2 atom stereocenters. The third-order valence-electron chi connectivity index (χ3n) is 5.67. The number of carbonyl (C=O) groups is 2. The lowest BCUT2D eigenvalue weighted by Crippen LogP contribution is -2.43. The predicted octanol–water partition coefficient (Wildman–Crippen LogP) is 2.51. The van der Waals surface area contributed by atoms with Gasteiger partial charge < -0.3 is 20.1 Å². The van der Waals surface area contributed by atoms with E-state index in [9.17, 15) is 18.0 Å². The SMILES string of the molecule is COc1ccccc1NC(=O)[C@@H]1CCCN1S(=O)(=O)c1cc2c(cc1C)NC(=O)[C@@H](C)O2. The summed E-state index contributed by atoms with van der Waals surface area (Å²) in [4.78, 5) is 24.9. The van der Waals surface area contributed by atoms with E-state index in [0.717, 1.165) is 0 Å². The molecule has 0 bridgehead atoms. The molecule has 0 radical (unpaired) electrons. The van der Waals surface area contributed by atoms with E-state index in [-0.39, 0.29) is 23.1 Å². The summed E-state index contributed by atoms with van der Waals surface area (Å²) in [6, 6.07) is 9.11. The van der Waals surface area contributed by atoms with Gasteiger partial charge in [0.05, 0.1) is 23.4 Å². The maximum absolute atomic E-state index is 13.6. The van der Waals surface area contributed by atoms with Crippen molar-refractivity contribution in [1.82, 2.24) is 4.31 Å². The van der Waals surface area contributed by atoms with E-state index >= 15 is 0 Å². The molecule has 2 aromatic carbocycles. The fourth-order valence-corrected chi connectivity index (χ4v) is 5.88. The van der Waals surface area contributed by atoms with Crippen molar-refractivity contribution in [2.24, 2.45) is 0 Å². The Labute approximate surface area is 186 Å². The van der Waals surface area contributed by atoms with Crippen LogP contribution in [0.4, 0.5) is 11.4 Å². The van der Waals surface area contributed by atoms with E-state index < -0.39 is 28.1 Å². The van der Waals surface area contributed by atoms with Crippen molar-refractivity contribution in [3.05, 3.63) is 42.0 Å². The molecule has 0 aromatic heterocycles. The Morgan fingerprint density at radius 1 is 1.28 bits per heavy atom. The first-order valence-corrected chi connectivity index (χ1v) is 11.7. The summed E-state index contributed by atoms with van der Waals surface area (Å²) in [6.07, 6.45) is 0.247. The number of nitrogens with zero attached hydrogens (tertiary/aromatic N) is 1. The smallest absolute Gasteiger partial charge is 0.265 e. The molecule has 2 N–H and O–H groups in total. The van der Waals surface area contributed by atoms with Crippen molar-refractivity contribution < 1.29 is 27.5 Å². The zero-order valence-electron chi connectivity index (χ0n) is 18.0. The average molecular weight is 460 g/mol. The number of nitrogens with one attached hydrogen (secondary N) is 2. The van der Waals surface area contributed by atoms with Gasteiger partial charge >= 0.3 is 0 Å². The molecule has 9 nitrogen and oxygen atoms in total. The van der Waals surface area contributed by atoms with Crippen molar-refractivity contribution in [1.29, 1.82) is 0 Å². The molecule has 170 valence electrons. The summed E-state index contributed by atoms with van der Waals surface area (Å²) in [6.45, 7) is 3.47. The minimum Gasteiger partial charge on any atom is -0.495 e. The summed E-state index contributed by atoms with van der Waals surface area (Å²) in [5.74, 6) is 0.0750. The van der Waals surface area contributed by atoms with Crippen LogP contribution in [0.15, 0.2) is 41.3 Å². The van der Waals surface area contributed by atoms with Crippen LogP contribution in [0.5, 0.6) is 11.5 Å². The van der Waals surface area contributed by atoms with Crippen molar-refractivity contribution in [2.75, 3.05) is 24.3 Å². The second-order valence-corrected chi connectivity index (χ2v) is 9.69. The standard InChI is InChI=1S/C22H25N3O6S/c1-13-11-16-19(31-14(2)21(26)24-16)12-20(13)32(28,29)25-10-6-8-17(25)22(27)23-15-7-4-5-9-18(15)30-3/h4-5,7,9,11-12,14,17H,6,8,10H2,1-3H3,(H,23,27)(H,24,26)/t14-,17+/m1/s1. The molecule has 0 saturated carbocycles. The summed E-state index contributed by atoms with van der Waals surface area (Å²) >= 11 is 0. The van der Waals surface area contributed by atoms with Gasteiger partial charge in [-0.25, -0.2) is 8.42 Å². The number of hydrogen-bond acceptors (Lipinski definition) is 6. The van der Waals surface area contributed by atoms with Gasteiger partial charge in [0, 0.05) is 12.6 Å². The van der Waals surface area contributed by atoms with Crippen molar-refractivity contribution in [2.45, 2.75) is 43.7 Å². The summed E-state index contributed by atoms with van der Waals surface area (Å²) in [7, 11) is -2.49. The average Bonchev–Trinajstić information content (AvgIpc) is 3.26. The Morgan fingerprint density at radius 3 is 2.78 bits per heavy atom. The monoisotopic (exact) mass is 459 g/mol. The highest BCUT2D eigenvalue weighted by atomic mass is 32.2. The molecule has 2 heterocycles. The molecule has 0 unspecified atom stereocenters. The van der Waals surface area contributed by atoms with Crippen LogP contribution in [-0.2, 0) is 19.6 Å². The van der Waals surface area contributed by atoms with Gasteiger partial charge in [0.1, 0.15) is 17.5 Å². The largest absolute Gasteiger partial charge is 0.495 e. The Balaban J connectivity index is 1.63. The van der Waals surface area contributed by atoms with Gasteiger partial charge in [0.25, 0.3) is 5.91 Å². The number of para-hydroxylation sites is 2. The van der Waals surface area contributed by atoms with E-state index in [2.05, 4.69) is 10.6 Å². The third-order valence-corrected chi connectivity index (χ3v) is 7.72. The molecule has 1 fully saturated rings. The Kier molecular flexibility index (Phi) is 5.83. The maximum atomic E-state index is 13.6. The molecule has 10 heteroatoms.